The zero-order valence-electron chi connectivity index (χ0n) is 27.6. The van der Waals surface area contributed by atoms with E-state index in [1.807, 2.05) is 11.3 Å². The Morgan fingerprint density at radius 2 is 0.902 bits per heavy atom. The van der Waals surface area contributed by atoms with Gasteiger partial charge in [0.1, 0.15) is 0 Å². The van der Waals surface area contributed by atoms with Crippen molar-refractivity contribution in [2.24, 2.45) is 0 Å². The molecular formula is C48H30N2S. The van der Waals surface area contributed by atoms with Gasteiger partial charge in [0.25, 0.3) is 0 Å². The Bertz CT molecular complexity index is 3090. The molecule has 0 aliphatic carbocycles. The van der Waals surface area contributed by atoms with Crippen molar-refractivity contribution in [2.75, 3.05) is 0 Å². The van der Waals surface area contributed by atoms with Gasteiger partial charge in [0, 0.05) is 53.0 Å². The first-order chi connectivity index (χ1) is 25.3. The van der Waals surface area contributed by atoms with E-state index >= 15 is 0 Å². The summed E-state index contributed by atoms with van der Waals surface area (Å²) in [6.07, 6.45) is 0. The summed E-state index contributed by atoms with van der Waals surface area (Å²) in [5.41, 5.74) is 12.1. The Labute approximate surface area is 298 Å². The van der Waals surface area contributed by atoms with Crippen LogP contribution in [0.4, 0.5) is 0 Å². The Morgan fingerprint density at radius 1 is 0.333 bits per heavy atom. The second-order valence-electron chi connectivity index (χ2n) is 13.3. The summed E-state index contributed by atoms with van der Waals surface area (Å²) in [6, 6.07) is 66.7. The maximum atomic E-state index is 2.53. The number of aromatic nitrogens is 2. The Balaban J connectivity index is 1.24. The highest BCUT2D eigenvalue weighted by Gasteiger charge is 2.22. The molecule has 0 amide bonds. The number of fused-ring (bicyclic) bond motifs is 9. The first-order valence-electron chi connectivity index (χ1n) is 17.4. The zero-order valence-corrected chi connectivity index (χ0v) is 28.4. The lowest BCUT2D eigenvalue weighted by molar-refractivity contribution is 1.17. The molecule has 0 saturated carbocycles. The number of para-hydroxylation sites is 3. The van der Waals surface area contributed by atoms with Crippen LogP contribution in [0.2, 0.25) is 0 Å². The summed E-state index contributed by atoms with van der Waals surface area (Å²) in [6.45, 7) is 0. The van der Waals surface area contributed by atoms with Gasteiger partial charge in [0.05, 0.1) is 27.8 Å². The van der Waals surface area contributed by atoms with Crippen molar-refractivity contribution in [3.63, 3.8) is 0 Å². The van der Waals surface area contributed by atoms with Crippen LogP contribution in [-0.4, -0.2) is 9.13 Å². The Hall–Kier alpha value is -6.42. The monoisotopic (exact) mass is 666 g/mol. The zero-order chi connectivity index (χ0) is 33.5. The molecule has 0 aliphatic heterocycles. The predicted molar refractivity (Wildman–Crippen MR) is 219 cm³/mol. The smallest absolute Gasteiger partial charge is 0.0633 e. The van der Waals surface area contributed by atoms with E-state index in [0.29, 0.717) is 0 Å². The highest BCUT2D eigenvalue weighted by Crippen LogP contribution is 2.46. The van der Waals surface area contributed by atoms with Crippen LogP contribution >= 0.6 is 11.3 Å². The van der Waals surface area contributed by atoms with E-state index in [-0.39, 0.29) is 0 Å². The summed E-state index contributed by atoms with van der Waals surface area (Å²) in [5, 5.41) is 7.62. The van der Waals surface area contributed by atoms with Gasteiger partial charge in [0.15, 0.2) is 0 Å². The van der Waals surface area contributed by atoms with Crippen LogP contribution in [0.25, 0.3) is 97.4 Å². The molecule has 3 heterocycles. The molecule has 8 aromatic carbocycles. The second-order valence-corrected chi connectivity index (χ2v) is 14.4. The van der Waals surface area contributed by atoms with E-state index in [4.69, 9.17) is 0 Å². The molecule has 0 aliphatic rings. The maximum Gasteiger partial charge on any atom is 0.0633 e. The minimum atomic E-state index is 1.16. The van der Waals surface area contributed by atoms with Crippen molar-refractivity contribution < 1.29 is 0 Å². The van der Waals surface area contributed by atoms with E-state index in [1.54, 1.807) is 0 Å². The molecule has 11 aromatic rings. The van der Waals surface area contributed by atoms with Crippen molar-refractivity contribution in [3.8, 4) is 33.6 Å². The van der Waals surface area contributed by atoms with Crippen molar-refractivity contribution in [3.05, 3.63) is 182 Å². The number of hydrogen-bond acceptors (Lipinski definition) is 1. The molecule has 0 bridgehead atoms. The fraction of sp³-hybridized carbons (Fsp3) is 0. The number of thiophene rings is 1. The lowest BCUT2D eigenvalue weighted by Gasteiger charge is -2.17. The van der Waals surface area contributed by atoms with Gasteiger partial charge < -0.3 is 9.13 Å². The first kappa shape index (κ1) is 28.4. The average Bonchev–Trinajstić information content (AvgIpc) is 3.85. The lowest BCUT2D eigenvalue weighted by Crippen LogP contribution is -1.99. The number of hydrogen-bond donors (Lipinski definition) is 0. The van der Waals surface area contributed by atoms with Gasteiger partial charge in [-0.15, -0.1) is 11.3 Å². The van der Waals surface area contributed by atoms with Crippen LogP contribution in [0.15, 0.2) is 182 Å². The second kappa shape index (κ2) is 11.0. The molecular weight excluding hydrogens is 637 g/mol. The van der Waals surface area contributed by atoms with Crippen molar-refractivity contribution in [1.29, 1.82) is 0 Å². The maximum absolute atomic E-state index is 2.53. The predicted octanol–water partition coefficient (Wildman–Crippen LogP) is 13.6. The molecule has 0 radical (unpaired) electrons. The van der Waals surface area contributed by atoms with Gasteiger partial charge in [-0.1, -0.05) is 127 Å². The van der Waals surface area contributed by atoms with Crippen molar-refractivity contribution in [1.82, 2.24) is 9.13 Å². The molecule has 0 atom stereocenters. The molecule has 0 N–H and O–H groups in total. The molecule has 0 unspecified atom stereocenters. The van der Waals surface area contributed by atoms with Gasteiger partial charge in [-0.05, 0) is 71.3 Å². The molecule has 3 heteroatoms. The largest absolute Gasteiger partial charge is 0.309 e. The van der Waals surface area contributed by atoms with Crippen LogP contribution in [0.1, 0.15) is 0 Å². The van der Waals surface area contributed by atoms with Gasteiger partial charge in [-0.2, -0.15) is 0 Å². The van der Waals surface area contributed by atoms with Gasteiger partial charge >= 0.3 is 0 Å². The topological polar surface area (TPSA) is 9.86 Å². The molecule has 238 valence electrons. The van der Waals surface area contributed by atoms with Crippen LogP contribution < -0.4 is 0 Å². The van der Waals surface area contributed by atoms with Crippen molar-refractivity contribution in [2.45, 2.75) is 0 Å². The molecule has 51 heavy (non-hydrogen) atoms. The fourth-order valence-electron chi connectivity index (χ4n) is 8.30. The minimum absolute atomic E-state index is 1.16. The van der Waals surface area contributed by atoms with Gasteiger partial charge in [0.2, 0.25) is 0 Å². The first-order valence-corrected chi connectivity index (χ1v) is 18.3. The molecule has 0 saturated heterocycles. The third kappa shape index (κ3) is 4.22. The summed E-state index contributed by atoms with van der Waals surface area (Å²) >= 11 is 1.87. The quantitative estimate of drug-likeness (QED) is 0.177. The Kier molecular flexibility index (Phi) is 6.16. The standard InChI is InChI=1S/C48H30N2S/c1-2-13-31(14-3-1)32-15-12-16-33(29-32)35-26-28-46-47(39-20-7-11-24-45(39)51-46)48(35)50-43-23-10-6-19-38(43)40-30-34(25-27-44(40)50)49-41-21-8-4-17-36(41)37-18-5-9-22-42(37)49/h1-30H. The van der Waals surface area contributed by atoms with E-state index in [2.05, 4.69) is 191 Å². The summed E-state index contributed by atoms with van der Waals surface area (Å²) in [4.78, 5) is 0. The normalized spacial score (nSPS) is 11.9. The van der Waals surface area contributed by atoms with E-state index in [9.17, 15) is 0 Å². The summed E-state index contributed by atoms with van der Waals surface area (Å²) < 4.78 is 7.55. The molecule has 2 nitrogen and oxygen atoms in total. The lowest BCUT2D eigenvalue weighted by atomic mass is 9.96. The van der Waals surface area contributed by atoms with Crippen LogP contribution in [0, 0.1) is 0 Å². The van der Waals surface area contributed by atoms with Crippen LogP contribution in [0.5, 0.6) is 0 Å². The van der Waals surface area contributed by atoms with Gasteiger partial charge in [-0.3, -0.25) is 0 Å². The number of benzene rings is 8. The molecule has 11 rings (SSSR count). The summed E-state index contributed by atoms with van der Waals surface area (Å²) in [5.74, 6) is 0. The Morgan fingerprint density at radius 3 is 1.65 bits per heavy atom. The third-order valence-corrected chi connectivity index (χ3v) is 11.7. The third-order valence-electron chi connectivity index (χ3n) is 10.5. The molecule has 0 spiro atoms. The van der Waals surface area contributed by atoms with E-state index in [0.717, 1.165) is 5.69 Å². The number of nitrogens with zero attached hydrogens (tertiary/aromatic N) is 2. The van der Waals surface area contributed by atoms with E-state index in [1.165, 1.54) is 91.7 Å². The summed E-state index contributed by atoms with van der Waals surface area (Å²) in [7, 11) is 0. The van der Waals surface area contributed by atoms with Crippen molar-refractivity contribution >= 4 is 75.1 Å². The number of rotatable bonds is 4. The van der Waals surface area contributed by atoms with Crippen LogP contribution in [-0.2, 0) is 0 Å². The molecule has 0 fully saturated rings. The SMILES string of the molecule is c1ccc(-c2cccc(-c3ccc4sc5ccccc5c4c3-n3c4ccccc4c4cc(-n5c6ccccc6c6ccccc65)ccc43)c2)cc1. The van der Waals surface area contributed by atoms with Gasteiger partial charge in [-0.25, -0.2) is 0 Å². The average molecular weight is 667 g/mol. The van der Waals surface area contributed by atoms with Crippen LogP contribution in [0.3, 0.4) is 0 Å². The highest BCUT2D eigenvalue weighted by atomic mass is 32.1. The highest BCUT2D eigenvalue weighted by molar-refractivity contribution is 7.25. The van der Waals surface area contributed by atoms with E-state index < -0.39 is 0 Å². The fourth-order valence-corrected chi connectivity index (χ4v) is 9.41. The molecule has 3 aromatic heterocycles. The minimum Gasteiger partial charge on any atom is -0.309 e.